The van der Waals surface area contributed by atoms with Gasteiger partial charge in [0.2, 0.25) is 0 Å². The molecule has 1 heterocycles. The van der Waals surface area contributed by atoms with Crippen LogP contribution in [0.15, 0.2) is 29.3 Å². The van der Waals surface area contributed by atoms with Crippen LogP contribution in [0.3, 0.4) is 0 Å². The van der Waals surface area contributed by atoms with Crippen LogP contribution < -0.4 is 5.56 Å². The van der Waals surface area contributed by atoms with Gasteiger partial charge in [0, 0.05) is 17.2 Å². The molecule has 0 bridgehead atoms. The molecule has 2 rings (SSSR count). The summed E-state index contributed by atoms with van der Waals surface area (Å²) in [6.45, 7) is 3.65. The topological polar surface area (TPSA) is 45.8 Å². The van der Waals surface area contributed by atoms with Crippen LogP contribution in [0.5, 0.6) is 0 Å². The summed E-state index contributed by atoms with van der Waals surface area (Å²) >= 11 is 0. The third kappa shape index (κ3) is 2.30. The number of H-pyrrole nitrogens is 1. The Morgan fingerprint density at radius 2 is 1.78 bits per heavy atom. The van der Waals surface area contributed by atoms with E-state index in [4.69, 9.17) is 0 Å². The van der Waals surface area contributed by atoms with Crippen molar-refractivity contribution in [3.63, 3.8) is 0 Å². The number of hydrogen-bond donors (Lipinski definition) is 1. The Kier molecular flexibility index (Phi) is 3.23. The first kappa shape index (κ1) is 12.4. The zero-order chi connectivity index (χ0) is 13.3. The number of rotatable bonds is 2. The Morgan fingerprint density at radius 1 is 1.17 bits per heavy atom. The summed E-state index contributed by atoms with van der Waals surface area (Å²) in [7, 11) is 0. The van der Waals surface area contributed by atoms with Crippen LogP contribution in [0.25, 0.3) is 11.3 Å². The summed E-state index contributed by atoms with van der Waals surface area (Å²) in [5.74, 6) is -1.48. The van der Waals surface area contributed by atoms with Crippen molar-refractivity contribution in [1.82, 2.24) is 9.97 Å². The molecule has 94 valence electrons. The summed E-state index contributed by atoms with van der Waals surface area (Å²) in [6, 6.07) is 3.11. The lowest BCUT2D eigenvalue weighted by Gasteiger charge is -2.10. The van der Waals surface area contributed by atoms with Crippen LogP contribution in [0.1, 0.15) is 25.3 Å². The predicted octanol–water partition coefficient (Wildman–Crippen LogP) is 2.84. The number of nitrogens with one attached hydrogen (secondary N) is 1. The van der Waals surface area contributed by atoms with E-state index in [-0.39, 0.29) is 17.0 Å². The molecule has 1 N–H and O–H groups in total. The zero-order valence-corrected chi connectivity index (χ0v) is 10.00. The Balaban J connectivity index is 2.71. The summed E-state index contributed by atoms with van der Waals surface area (Å²) in [5.41, 5.74) is 0.705. The van der Waals surface area contributed by atoms with Crippen molar-refractivity contribution >= 4 is 0 Å². The van der Waals surface area contributed by atoms with E-state index in [2.05, 4.69) is 9.97 Å². The molecule has 0 aliphatic carbocycles. The van der Waals surface area contributed by atoms with E-state index in [0.29, 0.717) is 11.3 Å². The van der Waals surface area contributed by atoms with Crippen molar-refractivity contribution in [3.05, 3.63) is 52.1 Å². The fourth-order valence-corrected chi connectivity index (χ4v) is 1.87. The van der Waals surface area contributed by atoms with Crippen molar-refractivity contribution in [2.45, 2.75) is 19.8 Å². The average molecular weight is 250 g/mol. The third-order valence-corrected chi connectivity index (χ3v) is 2.60. The number of benzene rings is 1. The van der Waals surface area contributed by atoms with Crippen molar-refractivity contribution in [3.8, 4) is 11.3 Å². The van der Waals surface area contributed by atoms with E-state index < -0.39 is 11.6 Å². The lowest BCUT2D eigenvalue weighted by atomic mass is 9.98. The molecule has 0 saturated heterocycles. The molecule has 0 aliphatic rings. The molecule has 0 aliphatic heterocycles. The molecule has 0 spiro atoms. The number of nitrogens with zero attached hydrogens (tertiary/aromatic N) is 1. The SMILES string of the molecule is CC(C)c1c(-c2cc(F)cc(F)c2)nc[nH]c1=O. The maximum absolute atomic E-state index is 13.2. The van der Waals surface area contributed by atoms with Crippen LogP contribution in [-0.2, 0) is 0 Å². The molecule has 0 atom stereocenters. The molecule has 2 aromatic rings. The summed E-state index contributed by atoms with van der Waals surface area (Å²) in [4.78, 5) is 18.2. The van der Waals surface area contributed by atoms with Gasteiger partial charge in [0.15, 0.2) is 0 Å². The fraction of sp³-hybridized carbons (Fsp3) is 0.231. The van der Waals surface area contributed by atoms with Crippen LogP contribution in [-0.4, -0.2) is 9.97 Å². The van der Waals surface area contributed by atoms with Gasteiger partial charge in [-0.1, -0.05) is 13.8 Å². The van der Waals surface area contributed by atoms with E-state index >= 15 is 0 Å². The highest BCUT2D eigenvalue weighted by molar-refractivity contribution is 5.63. The standard InChI is InChI=1S/C13H12F2N2O/c1-7(2)11-12(16-6-17-13(11)18)8-3-9(14)5-10(15)4-8/h3-7H,1-2H3,(H,16,17,18). The van der Waals surface area contributed by atoms with Gasteiger partial charge >= 0.3 is 0 Å². The number of halogens is 2. The maximum Gasteiger partial charge on any atom is 0.254 e. The van der Waals surface area contributed by atoms with E-state index in [0.717, 1.165) is 18.2 Å². The Hall–Kier alpha value is -2.04. The van der Waals surface area contributed by atoms with Gasteiger partial charge in [0.25, 0.3) is 5.56 Å². The number of aromatic amines is 1. The van der Waals surface area contributed by atoms with Gasteiger partial charge in [-0.15, -0.1) is 0 Å². The minimum atomic E-state index is -0.693. The van der Waals surface area contributed by atoms with Gasteiger partial charge in [0.05, 0.1) is 12.0 Å². The molecule has 0 unspecified atom stereocenters. The molecule has 0 fully saturated rings. The van der Waals surface area contributed by atoms with Crippen molar-refractivity contribution < 1.29 is 8.78 Å². The molecule has 0 saturated carbocycles. The average Bonchev–Trinajstić information content (AvgIpc) is 2.26. The molecule has 0 amide bonds. The van der Waals surface area contributed by atoms with Crippen LogP contribution >= 0.6 is 0 Å². The first-order chi connectivity index (χ1) is 8.49. The molecular weight excluding hydrogens is 238 g/mol. The van der Waals surface area contributed by atoms with Crippen molar-refractivity contribution in [1.29, 1.82) is 0 Å². The maximum atomic E-state index is 13.2. The molecule has 1 aromatic carbocycles. The minimum Gasteiger partial charge on any atom is -0.313 e. The Morgan fingerprint density at radius 3 is 2.33 bits per heavy atom. The molecule has 18 heavy (non-hydrogen) atoms. The van der Waals surface area contributed by atoms with E-state index in [9.17, 15) is 13.6 Å². The second-order valence-corrected chi connectivity index (χ2v) is 4.31. The third-order valence-electron chi connectivity index (χ3n) is 2.60. The van der Waals surface area contributed by atoms with Gasteiger partial charge in [-0.2, -0.15) is 0 Å². The first-order valence-electron chi connectivity index (χ1n) is 5.53. The van der Waals surface area contributed by atoms with Crippen LogP contribution in [0, 0.1) is 11.6 Å². The van der Waals surface area contributed by atoms with Gasteiger partial charge < -0.3 is 4.98 Å². The predicted molar refractivity (Wildman–Crippen MR) is 64.3 cm³/mol. The van der Waals surface area contributed by atoms with E-state index in [1.54, 1.807) is 0 Å². The second-order valence-electron chi connectivity index (χ2n) is 4.31. The van der Waals surface area contributed by atoms with Gasteiger partial charge in [-0.3, -0.25) is 4.79 Å². The van der Waals surface area contributed by atoms with Crippen molar-refractivity contribution in [2.24, 2.45) is 0 Å². The highest BCUT2D eigenvalue weighted by Gasteiger charge is 2.15. The molecular formula is C13H12F2N2O. The summed E-state index contributed by atoms with van der Waals surface area (Å²) in [6.07, 6.45) is 1.23. The van der Waals surface area contributed by atoms with Gasteiger partial charge in [-0.05, 0) is 18.1 Å². The summed E-state index contributed by atoms with van der Waals surface area (Å²) in [5, 5.41) is 0. The number of hydrogen-bond acceptors (Lipinski definition) is 2. The van der Waals surface area contributed by atoms with Crippen LogP contribution in [0.2, 0.25) is 0 Å². The second kappa shape index (κ2) is 4.68. The molecule has 5 heteroatoms. The minimum absolute atomic E-state index is 0.0937. The fourth-order valence-electron chi connectivity index (χ4n) is 1.87. The zero-order valence-electron chi connectivity index (χ0n) is 10.00. The normalized spacial score (nSPS) is 10.9. The Labute approximate surface area is 103 Å². The molecule has 0 radical (unpaired) electrons. The first-order valence-corrected chi connectivity index (χ1v) is 5.53. The highest BCUT2D eigenvalue weighted by atomic mass is 19.1. The van der Waals surface area contributed by atoms with E-state index in [1.807, 2.05) is 13.8 Å². The monoisotopic (exact) mass is 250 g/mol. The molecule has 3 nitrogen and oxygen atoms in total. The Bertz CT molecular complexity index is 615. The van der Waals surface area contributed by atoms with Crippen molar-refractivity contribution in [2.75, 3.05) is 0 Å². The lowest BCUT2D eigenvalue weighted by molar-refractivity contribution is 0.584. The smallest absolute Gasteiger partial charge is 0.254 e. The molecule has 1 aromatic heterocycles. The van der Waals surface area contributed by atoms with Gasteiger partial charge in [-0.25, -0.2) is 13.8 Å². The quantitative estimate of drug-likeness (QED) is 0.890. The lowest BCUT2D eigenvalue weighted by Crippen LogP contribution is -2.16. The summed E-state index contributed by atoms with van der Waals surface area (Å²) < 4.78 is 26.4. The van der Waals surface area contributed by atoms with Crippen LogP contribution in [0.4, 0.5) is 8.78 Å². The van der Waals surface area contributed by atoms with Gasteiger partial charge in [0.1, 0.15) is 11.6 Å². The largest absolute Gasteiger partial charge is 0.313 e. The van der Waals surface area contributed by atoms with E-state index in [1.165, 1.54) is 6.33 Å². The number of aromatic nitrogens is 2. The highest BCUT2D eigenvalue weighted by Crippen LogP contribution is 2.25.